The van der Waals surface area contributed by atoms with Gasteiger partial charge >= 0.3 is 11.5 Å². The number of methoxy groups -OCH3 is 2. The van der Waals surface area contributed by atoms with E-state index < -0.39 is 69.5 Å². The fourth-order valence-electron chi connectivity index (χ4n) is 6.80. The van der Waals surface area contributed by atoms with Crippen LogP contribution < -0.4 is 32.5 Å². The maximum atomic E-state index is 16.1. The normalized spacial score (nSPS) is 11.5. The smallest absolute Gasteiger partial charge is 0.434 e. The number of imidazole rings is 2. The van der Waals surface area contributed by atoms with E-state index in [9.17, 15) is 28.0 Å². The first kappa shape index (κ1) is 36.9. The van der Waals surface area contributed by atoms with Gasteiger partial charge in [0, 0.05) is 25.2 Å². The summed E-state index contributed by atoms with van der Waals surface area (Å²) in [6.07, 6.45) is 0. The molecular formula is C36H24F4N10O8. The van der Waals surface area contributed by atoms with Crippen LogP contribution >= 0.6 is 0 Å². The summed E-state index contributed by atoms with van der Waals surface area (Å²) in [7, 11) is 2.49. The van der Waals surface area contributed by atoms with Crippen molar-refractivity contribution >= 4 is 33.9 Å². The molecule has 6 N–H and O–H groups in total. The number of carbonyl (C=O) groups is 2. The first-order valence-electron chi connectivity index (χ1n) is 16.6. The van der Waals surface area contributed by atoms with E-state index >= 15 is 8.78 Å². The number of carbonyl (C=O) groups excluding carboxylic acids is 2. The molecule has 0 radical (unpaired) electrons. The van der Waals surface area contributed by atoms with Crippen molar-refractivity contribution in [3.63, 3.8) is 0 Å². The zero-order valence-corrected chi connectivity index (χ0v) is 29.6. The molecule has 18 nitrogen and oxygen atoms in total. The second-order valence-electron chi connectivity index (χ2n) is 12.4. The average Bonchev–Trinajstić information content (AvgIpc) is 3.97. The summed E-state index contributed by atoms with van der Waals surface area (Å²) >= 11 is 0. The number of hydrogen-bond acceptors (Lipinski definition) is 12. The highest BCUT2D eigenvalue weighted by Gasteiger charge is 2.30. The van der Waals surface area contributed by atoms with Gasteiger partial charge in [0.2, 0.25) is 11.8 Å². The monoisotopic (exact) mass is 800 g/mol. The molecule has 0 aliphatic rings. The molecule has 4 aromatic heterocycles. The van der Waals surface area contributed by atoms with Gasteiger partial charge in [0.1, 0.15) is 46.0 Å². The Hall–Kier alpha value is -8.04. The number of aromatic amines is 2. The molecule has 0 aliphatic carbocycles. The first-order valence-corrected chi connectivity index (χ1v) is 16.6. The lowest BCUT2D eigenvalue weighted by molar-refractivity contribution is 0.0989. The number of rotatable bonds is 11. The Morgan fingerprint density at radius 2 is 1.07 bits per heavy atom. The zero-order chi connectivity index (χ0) is 41.2. The minimum Gasteiger partial charge on any atom is -0.494 e. The van der Waals surface area contributed by atoms with Crippen molar-refractivity contribution in [1.82, 2.24) is 39.5 Å². The van der Waals surface area contributed by atoms with Gasteiger partial charge in [-0.15, -0.1) is 10.2 Å². The number of primary amides is 2. The van der Waals surface area contributed by atoms with E-state index in [1.807, 2.05) is 10.2 Å². The third-order valence-corrected chi connectivity index (χ3v) is 9.13. The number of nitrogens with zero attached hydrogens (tertiary/aromatic N) is 6. The third-order valence-electron chi connectivity index (χ3n) is 9.13. The predicted molar refractivity (Wildman–Crippen MR) is 193 cm³/mol. The number of amides is 2. The van der Waals surface area contributed by atoms with Gasteiger partial charge in [-0.2, -0.15) is 0 Å². The summed E-state index contributed by atoms with van der Waals surface area (Å²) in [5.74, 6) is -9.89. The molecule has 0 aliphatic heterocycles. The lowest BCUT2D eigenvalue weighted by Gasteiger charge is -2.16. The van der Waals surface area contributed by atoms with Crippen molar-refractivity contribution in [2.45, 2.75) is 13.1 Å². The number of aromatic nitrogens is 8. The molecule has 4 aromatic carbocycles. The highest BCUT2D eigenvalue weighted by atomic mass is 19.1. The molecule has 0 saturated carbocycles. The summed E-state index contributed by atoms with van der Waals surface area (Å²) in [6, 6.07) is 8.42. The van der Waals surface area contributed by atoms with E-state index in [1.54, 1.807) is 0 Å². The molecule has 0 saturated heterocycles. The summed E-state index contributed by atoms with van der Waals surface area (Å²) in [5, 5.41) is 11.6. The van der Waals surface area contributed by atoms with Crippen LogP contribution in [0.2, 0.25) is 0 Å². The Kier molecular flexibility index (Phi) is 8.86. The minimum absolute atomic E-state index is 0.00383. The van der Waals surface area contributed by atoms with Crippen molar-refractivity contribution in [3.05, 3.63) is 104 Å². The van der Waals surface area contributed by atoms with Crippen LogP contribution in [0.3, 0.4) is 0 Å². The zero-order valence-electron chi connectivity index (χ0n) is 29.6. The Bertz CT molecular complexity index is 2920. The fourth-order valence-corrected chi connectivity index (χ4v) is 6.80. The van der Waals surface area contributed by atoms with E-state index in [0.29, 0.717) is 12.1 Å². The number of hydrogen-bond donors (Lipinski definition) is 4. The number of H-pyrrole nitrogens is 2. The molecule has 8 aromatic rings. The second-order valence-corrected chi connectivity index (χ2v) is 12.4. The number of fused-ring (bicyclic) bond motifs is 2. The summed E-state index contributed by atoms with van der Waals surface area (Å²) in [4.78, 5) is 58.0. The Morgan fingerprint density at radius 3 is 1.40 bits per heavy atom. The molecule has 0 unspecified atom stereocenters. The van der Waals surface area contributed by atoms with Crippen LogP contribution in [0.4, 0.5) is 17.6 Å². The van der Waals surface area contributed by atoms with Crippen LogP contribution in [0.5, 0.6) is 11.5 Å². The molecule has 58 heavy (non-hydrogen) atoms. The van der Waals surface area contributed by atoms with Gasteiger partial charge < -0.3 is 38.9 Å². The molecular weight excluding hydrogens is 776 g/mol. The Labute approximate surface area is 318 Å². The maximum absolute atomic E-state index is 16.1. The van der Waals surface area contributed by atoms with E-state index in [-0.39, 0.29) is 80.6 Å². The Morgan fingerprint density at radius 1 is 0.672 bits per heavy atom. The van der Waals surface area contributed by atoms with Crippen LogP contribution in [0.1, 0.15) is 20.7 Å². The number of benzene rings is 4. The Balaban J connectivity index is 1.41. The van der Waals surface area contributed by atoms with Gasteiger partial charge in [0.05, 0.1) is 58.6 Å². The summed E-state index contributed by atoms with van der Waals surface area (Å²) in [5.41, 5.74) is 9.99. The van der Waals surface area contributed by atoms with Crippen LogP contribution in [-0.2, 0) is 13.1 Å². The number of halogens is 4. The number of nitrogens with two attached hydrogens (primary N) is 2. The number of aryl methyl sites for hydroxylation is 2. The van der Waals surface area contributed by atoms with Gasteiger partial charge in [-0.3, -0.25) is 9.59 Å². The van der Waals surface area contributed by atoms with E-state index in [0.717, 1.165) is 12.1 Å². The highest BCUT2D eigenvalue weighted by Crippen LogP contribution is 2.41. The molecule has 22 heteroatoms. The van der Waals surface area contributed by atoms with Gasteiger partial charge in [0.15, 0.2) is 11.5 Å². The van der Waals surface area contributed by atoms with Crippen molar-refractivity contribution < 1.29 is 45.5 Å². The van der Waals surface area contributed by atoms with Crippen molar-refractivity contribution in [3.8, 4) is 57.2 Å². The molecule has 2 amide bonds. The van der Waals surface area contributed by atoms with Crippen LogP contribution in [-0.4, -0.2) is 65.5 Å². The van der Waals surface area contributed by atoms with Crippen LogP contribution in [0, 0.1) is 23.3 Å². The van der Waals surface area contributed by atoms with Crippen molar-refractivity contribution in [2.75, 3.05) is 14.2 Å². The molecule has 294 valence electrons. The van der Waals surface area contributed by atoms with Crippen LogP contribution in [0.15, 0.2) is 67.0 Å². The van der Waals surface area contributed by atoms with Gasteiger partial charge in [-0.1, -0.05) is 0 Å². The second kappa shape index (κ2) is 13.9. The van der Waals surface area contributed by atoms with E-state index in [4.69, 9.17) is 29.8 Å². The summed E-state index contributed by atoms with van der Waals surface area (Å²) in [6.45, 7) is -0.473. The van der Waals surface area contributed by atoms with Gasteiger partial charge in [0.25, 0.3) is 11.8 Å². The SMILES string of the molecule is COc1c(C(N)=O)ccc2c1nc(-c1c(F)cc(F)cc1-c1n[nH]c(=O)o1)n2CCn1c(-c2c(F)cc(F)cc2-c2n[nH]c(=O)o2)nc2c(OC)c(C(N)=O)ccc21. The minimum atomic E-state index is -1.16. The maximum Gasteiger partial charge on any atom is 0.434 e. The molecule has 0 atom stereocenters. The lowest BCUT2D eigenvalue weighted by atomic mass is 10.1. The first-order chi connectivity index (χ1) is 27.8. The van der Waals surface area contributed by atoms with Crippen LogP contribution in [0.25, 0.3) is 67.8 Å². The fraction of sp³-hybridized carbons (Fsp3) is 0.111. The lowest BCUT2D eigenvalue weighted by Crippen LogP contribution is -2.13. The van der Waals surface area contributed by atoms with E-state index in [1.165, 1.54) is 47.6 Å². The molecule has 4 heterocycles. The third kappa shape index (κ3) is 5.98. The topological polar surface area (TPSA) is 258 Å². The molecule has 8 rings (SSSR count). The summed E-state index contributed by atoms with van der Waals surface area (Å²) < 4.78 is 85.9. The largest absolute Gasteiger partial charge is 0.494 e. The standard InChI is InChI=1S/C36H24F4N10O8/c1-55-27-15(29(41)51)3-5-21-25(27)43-31(23-17(9-13(37)11-19(23)39)33-45-47-35(53)57-33)49(21)7-8-50-22-6-4-16(30(42)52)28(56-2)26(22)44-32(50)24-18(10-14(38)12-20(24)40)34-46-48-36(54)58-34/h3-6,9-12H,7-8H2,1-2H3,(H2,41,51)(H2,42,52)(H,47,53)(H,48,54). The van der Waals surface area contributed by atoms with Crippen molar-refractivity contribution in [2.24, 2.45) is 11.5 Å². The van der Waals surface area contributed by atoms with Gasteiger partial charge in [-0.25, -0.2) is 47.3 Å². The predicted octanol–water partition coefficient (Wildman–Crippen LogP) is 3.88. The molecule has 0 fully saturated rings. The average molecular weight is 801 g/mol. The molecule has 0 bridgehead atoms. The highest BCUT2D eigenvalue weighted by molar-refractivity contribution is 6.03. The number of ether oxygens (including phenoxy) is 2. The quantitative estimate of drug-likeness (QED) is 0.136. The number of nitrogens with one attached hydrogen (secondary N) is 2. The molecule has 0 spiro atoms. The van der Waals surface area contributed by atoms with E-state index in [2.05, 4.69) is 20.2 Å². The van der Waals surface area contributed by atoms with Crippen molar-refractivity contribution in [1.29, 1.82) is 0 Å². The van der Waals surface area contributed by atoms with Gasteiger partial charge in [-0.05, 0) is 36.4 Å².